The van der Waals surface area contributed by atoms with Crippen molar-refractivity contribution >= 4 is 11.9 Å². The molecule has 0 aromatic carbocycles. The van der Waals surface area contributed by atoms with Gasteiger partial charge in [-0.15, -0.1) is 0 Å². The molecule has 1 aliphatic heterocycles. The molecule has 1 aliphatic rings. The summed E-state index contributed by atoms with van der Waals surface area (Å²) in [6.07, 6.45) is 1.06. The van der Waals surface area contributed by atoms with E-state index in [1.165, 1.54) is 12.0 Å². The third kappa shape index (κ3) is 4.32. The van der Waals surface area contributed by atoms with Gasteiger partial charge in [0.05, 0.1) is 12.7 Å². The fraction of sp³-hybridized carbons (Fsp3) is 0.818. The maximum absolute atomic E-state index is 12.0. The standard InChI is InChI=1S/C11H19NO5/c1-8-3-4-9(17-8)11(15)12(5-6-16-2)7-10(13)14/h8-9H,3-7H2,1-2H3,(H,13,14)/t8-,9+/m0/s1. The number of amides is 1. The van der Waals surface area contributed by atoms with E-state index in [9.17, 15) is 9.59 Å². The Morgan fingerprint density at radius 1 is 1.47 bits per heavy atom. The zero-order valence-electron chi connectivity index (χ0n) is 10.2. The van der Waals surface area contributed by atoms with Gasteiger partial charge in [0, 0.05) is 13.7 Å². The Morgan fingerprint density at radius 3 is 2.65 bits per heavy atom. The number of carbonyl (C=O) groups excluding carboxylic acids is 1. The molecule has 1 saturated heterocycles. The van der Waals surface area contributed by atoms with Crippen molar-refractivity contribution in [1.82, 2.24) is 4.90 Å². The van der Waals surface area contributed by atoms with Crippen LogP contribution in [-0.2, 0) is 19.1 Å². The Balaban J connectivity index is 2.55. The van der Waals surface area contributed by atoms with Gasteiger partial charge in [-0.25, -0.2) is 0 Å². The van der Waals surface area contributed by atoms with E-state index in [1.54, 1.807) is 0 Å². The highest BCUT2D eigenvalue weighted by molar-refractivity contribution is 5.84. The number of methoxy groups -OCH3 is 1. The summed E-state index contributed by atoms with van der Waals surface area (Å²) in [5, 5.41) is 8.75. The van der Waals surface area contributed by atoms with Crippen molar-refractivity contribution in [2.24, 2.45) is 0 Å². The normalized spacial score (nSPS) is 23.6. The molecule has 1 amide bonds. The number of nitrogens with zero attached hydrogens (tertiary/aromatic N) is 1. The van der Waals surface area contributed by atoms with Gasteiger partial charge in [-0.3, -0.25) is 9.59 Å². The van der Waals surface area contributed by atoms with Crippen molar-refractivity contribution in [2.75, 3.05) is 26.8 Å². The van der Waals surface area contributed by atoms with Gasteiger partial charge in [-0.1, -0.05) is 0 Å². The van der Waals surface area contributed by atoms with Crippen LogP contribution in [0.1, 0.15) is 19.8 Å². The molecule has 1 rings (SSSR count). The minimum absolute atomic E-state index is 0.0676. The molecule has 0 aromatic rings. The van der Waals surface area contributed by atoms with Crippen molar-refractivity contribution in [1.29, 1.82) is 0 Å². The van der Waals surface area contributed by atoms with E-state index in [2.05, 4.69) is 0 Å². The number of hydrogen-bond donors (Lipinski definition) is 1. The lowest BCUT2D eigenvalue weighted by Crippen LogP contribution is -2.43. The average molecular weight is 245 g/mol. The Labute approximate surface area is 100 Å². The summed E-state index contributed by atoms with van der Waals surface area (Å²) < 4.78 is 10.3. The highest BCUT2D eigenvalue weighted by Crippen LogP contribution is 2.20. The zero-order valence-corrected chi connectivity index (χ0v) is 10.2. The van der Waals surface area contributed by atoms with Crippen LogP contribution in [0.3, 0.4) is 0 Å². The third-order valence-corrected chi connectivity index (χ3v) is 2.71. The summed E-state index contributed by atoms with van der Waals surface area (Å²) in [4.78, 5) is 24.0. The van der Waals surface area contributed by atoms with Crippen LogP contribution in [0.15, 0.2) is 0 Å². The number of rotatable bonds is 6. The first-order valence-electron chi connectivity index (χ1n) is 5.69. The number of aliphatic carboxylic acids is 1. The first-order valence-corrected chi connectivity index (χ1v) is 5.69. The number of carboxylic acid groups (broad SMARTS) is 1. The average Bonchev–Trinajstić information content (AvgIpc) is 2.69. The van der Waals surface area contributed by atoms with E-state index in [1.807, 2.05) is 6.92 Å². The quantitative estimate of drug-likeness (QED) is 0.719. The molecule has 1 fully saturated rings. The highest BCUT2D eigenvalue weighted by atomic mass is 16.5. The lowest BCUT2D eigenvalue weighted by atomic mass is 10.2. The van der Waals surface area contributed by atoms with Crippen molar-refractivity contribution in [2.45, 2.75) is 32.0 Å². The van der Waals surface area contributed by atoms with Crippen molar-refractivity contribution < 1.29 is 24.2 Å². The van der Waals surface area contributed by atoms with E-state index in [4.69, 9.17) is 14.6 Å². The molecule has 0 bridgehead atoms. The molecule has 2 atom stereocenters. The molecule has 17 heavy (non-hydrogen) atoms. The third-order valence-electron chi connectivity index (χ3n) is 2.71. The monoisotopic (exact) mass is 245 g/mol. The van der Waals surface area contributed by atoms with Crippen LogP contribution in [0.2, 0.25) is 0 Å². The van der Waals surface area contributed by atoms with Gasteiger partial charge >= 0.3 is 5.97 Å². The maximum atomic E-state index is 12.0. The van der Waals surface area contributed by atoms with Gasteiger partial charge in [-0.2, -0.15) is 0 Å². The molecule has 0 unspecified atom stereocenters. The van der Waals surface area contributed by atoms with E-state index >= 15 is 0 Å². The number of hydrogen-bond acceptors (Lipinski definition) is 4. The number of carbonyl (C=O) groups is 2. The minimum atomic E-state index is -1.03. The molecule has 1 heterocycles. The van der Waals surface area contributed by atoms with Crippen LogP contribution >= 0.6 is 0 Å². The summed E-state index contributed by atoms with van der Waals surface area (Å²) in [5.41, 5.74) is 0. The topological polar surface area (TPSA) is 76.1 Å². The van der Waals surface area contributed by atoms with Crippen LogP contribution in [0.5, 0.6) is 0 Å². The van der Waals surface area contributed by atoms with Crippen molar-refractivity contribution in [3.63, 3.8) is 0 Å². The first-order chi connectivity index (χ1) is 8.04. The Bertz CT molecular complexity index is 281. The predicted molar refractivity (Wildman–Crippen MR) is 59.7 cm³/mol. The molecule has 1 N–H and O–H groups in total. The van der Waals surface area contributed by atoms with Gasteiger partial charge in [0.2, 0.25) is 0 Å². The summed E-state index contributed by atoms with van der Waals surface area (Å²) in [6.45, 7) is 2.19. The van der Waals surface area contributed by atoms with Gasteiger partial charge in [0.1, 0.15) is 12.6 Å². The van der Waals surface area contributed by atoms with Gasteiger partial charge in [-0.05, 0) is 19.8 Å². The van der Waals surface area contributed by atoms with E-state index < -0.39 is 12.1 Å². The minimum Gasteiger partial charge on any atom is -0.480 e. The van der Waals surface area contributed by atoms with E-state index in [-0.39, 0.29) is 25.1 Å². The molecule has 0 radical (unpaired) electrons. The fourth-order valence-electron chi connectivity index (χ4n) is 1.82. The van der Waals surface area contributed by atoms with E-state index in [0.717, 1.165) is 6.42 Å². The second-order valence-corrected chi connectivity index (χ2v) is 4.16. The summed E-state index contributed by atoms with van der Waals surface area (Å²) in [5.74, 6) is -1.28. The summed E-state index contributed by atoms with van der Waals surface area (Å²) in [7, 11) is 1.51. The van der Waals surface area contributed by atoms with Crippen LogP contribution in [0, 0.1) is 0 Å². The molecule has 0 aliphatic carbocycles. The molecular formula is C11H19NO5. The largest absolute Gasteiger partial charge is 0.480 e. The van der Waals surface area contributed by atoms with E-state index in [0.29, 0.717) is 13.0 Å². The molecule has 0 aromatic heterocycles. The molecule has 0 saturated carbocycles. The Kier molecular flexibility index (Phi) is 5.37. The SMILES string of the molecule is COCCN(CC(=O)O)C(=O)[C@H]1CC[C@H](C)O1. The fourth-order valence-corrected chi connectivity index (χ4v) is 1.82. The van der Waals surface area contributed by atoms with Crippen LogP contribution < -0.4 is 0 Å². The highest BCUT2D eigenvalue weighted by Gasteiger charge is 2.32. The number of carboxylic acids is 1. The molecule has 98 valence electrons. The van der Waals surface area contributed by atoms with Crippen LogP contribution in [0.25, 0.3) is 0 Å². The Hall–Kier alpha value is -1.14. The molecule has 6 nitrogen and oxygen atoms in total. The lowest BCUT2D eigenvalue weighted by molar-refractivity contribution is -0.150. The van der Waals surface area contributed by atoms with Crippen LogP contribution in [-0.4, -0.2) is 60.9 Å². The molecular weight excluding hydrogens is 226 g/mol. The predicted octanol–water partition coefficient (Wildman–Crippen LogP) is 0.114. The van der Waals surface area contributed by atoms with Gasteiger partial charge in [0.25, 0.3) is 5.91 Å². The van der Waals surface area contributed by atoms with Gasteiger partial charge in [0.15, 0.2) is 0 Å². The molecule has 0 spiro atoms. The maximum Gasteiger partial charge on any atom is 0.323 e. The first kappa shape index (κ1) is 13.9. The van der Waals surface area contributed by atoms with Crippen molar-refractivity contribution in [3.05, 3.63) is 0 Å². The zero-order chi connectivity index (χ0) is 12.8. The van der Waals surface area contributed by atoms with Gasteiger partial charge < -0.3 is 19.5 Å². The summed E-state index contributed by atoms with van der Waals surface area (Å²) >= 11 is 0. The van der Waals surface area contributed by atoms with Crippen LogP contribution in [0.4, 0.5) is 0 Å². The Morgan fingerprint density at radius 2 is 2.18 bits per heavy atom. The number of ether oxygens (including phenoxy) is 2. The second-order valence-electron chi connectivity index (χ2n) is 4.16. The van der Waals surface area contributed by atoms with Crippen molar-refractivity contribution in [3.8, 4) is 0 Å². The molecule has 6 heteroatoms. The lowest BCUT2D eigenvalue weighted by Gasteiger charge is -2.23. The smallest absolute Gasteiger partial charge is 0.323 e. The summed E-state index contributed by atoms with van der Waals surface area (Å²) in [6, 6.07) is 0. The second kappa shape index (κ2) is 6.56.